The highest BCUT2D eigenvalue weighted by molar-refractivity contribution is 5.18. The third kappa shape index (κ3) is 2.85. The molecule has 1 nitrogen and oxygen atoms in total. The summed E-state index contributed by atoms with van der Waals surface area (Å²) >= 11 is 0. The largest absolute Gasteiger partial charge is 0.417 e. The zero-order chi connectivity index (χ0) is 12.2. The molecule has 1 aromatic carbocycles. The summed E-state index contributed by atoms with van der Waals surface area (Å²) < 4.78 is 38.0. The van der Waals surface area contributed by atoms with Crippen molar-refractivity contribution in [2.24, 2.45) is 0 Å². The Bertz CT molecular complexity index is 345. The first-order chi connectivity index (χ1) is 7.39. The summed E-state index contributed by atoms with van der Waals surface area (Å²) in [5, 5.41) is 9.60. The van der Waals surface area contributed by atoms with Crippen molar-refractivity contribution < 1.29 is 18.3 Å². The molecule has 0 saturated carbocycles. The first-order valence-electron chi connectivity index (χ1n) is 4.83. The van der Waals surface area contributed by atoms with Crippen LogP contribution < -0.4 is 0 Å². The zero-order valence-corrected chi connectivity index (χ0v) is 8.67. The number of hydrogen-bond donors (Lipinski definition) is 1. The van der Waals surface area contributed by atoms with Crippen LogP contribution in [0.4, 0.5) is 13.2 Å². The zero-order valence-electron chi connectivity index (χ0n) is 8.67. The Labute approximate surface area is 92.2 Å². The molecular weight excluding hydrogens is 217 g/mol. The van der Waals surface area contributed by atoms with Gasteiger partial charge in [-0.25, -0.2) is 0 Å². The Morgan fingerprint density at radius 2 is 1.75 bits per heavy atom. The molecule has 0 heterocycles. The SMILES string of the molecule is C=CCC(O)(Cc1ccccc1)C(F)(F)F. The van der Waals surface area contributed by atoms with Crippen molar-refractivity contribution in [2.45, 2.75) is 24.6 Å². The van der Waals surface area contributed by atoms with E-state index >= 15 is 0 Å². The molecule has 0 saturated heterocycles. The second kappa shape index (κ2) is 4.70. The van der Waals surface area contributed by atoms with Crippen LogP contribution in [-0.2, 0) is 6.42 Å². The molecule has 1 N–H and O–H groups in total. The number of halogens is 3. The third-order valence-corrected chi connectivity index (χ3v) is 2.35. The van der Waals surface area contributed by atoms with Gasteiger partial charge in [0.2, 0.25) is 0 Å². The fourth-order valence-electron chi connectivity index (χ4n) is 1.46. The number of aliphatic hydroxyl groups is 1. The van der Waals surface area contributed by atoms with Crippen molar-refractivity contribution in [2.75, 3.05) is 0 Å². The van der Waals surface area contributed by atoms with E-state index in [2.05, 4.69) is 6.58 Å². The monoisotopic (exact) mass is 230 g/mol. The molecule has 0 radical (unpaired) electrons. The Kier molecular flexibility index (Phi) is 3.75. The maximum absolute atomic E-state index is 12.7. The molecule has 0 aliphatic rings. The van der Waals surface area contributed by atoms with Crippen molar-refractivity contribution in [3.05, 3.63) is 48.6 Å². The van der Waals surface area contributed by atoms with Gasteiger partial charge in [-0.2, -0.15) is 13.2 Å². The Balaban J connectivity index is 2.92. The van der Waals surface area contributed by atoms with Gasteiger partial charge < -0.3 is 5.11 Å². The minimum absolute atomic E-state index is 0.448. The lowest BCUT2D eigenvalue weighted by atomic mass is 9.90. The van der Waals surface area contributed by atoms with E-state index in [-0.39, 0.29) is 0 Å². The average Bonchev–Trinajstić information content (AvgIpc) is 2.17. The van der Waals surface area contributed by atoms with E-state index in [9.17, 15) is 18.3 Å². The number of rotatable bonds is 4. The van der Waals surface area contributed by atoms with Crippen LogP contribution in [0.1, 0.15) is 12.0 Å². The standard InChI is InChI=1S/C12H13F3O/c1-2-8-11(16,12(13,14)15)9-10-6-4-3-5-7-10/h2-7,16H,1,8-9H2. The van der Waals surface area contributed by atoms with Crippen molar-refractivity contribution in [1.29, 1.82) is 0 Å². The summed E-state index contributed by atoms with van der Waals surface area (Å²) in [6.07, 6.45) is -4.54. The van der Waals surface area contributed by atoms with Crippen LogP contribution in [0.3, 0.4) is 0 Å². The van der Waals surface area contributed by atoms with Crippen LogP contribution in [0.2, 0.25) is 0 Å². The summed E-state index contributed by atoms with van der Waals surface area (Å²) in [4.78, 5) is 0. The molecule has 0 aliphatic carbocycles. The molecular formula is C12H13F3O. The smallest absolute Gasteiger partial charge is 0.380 e. The number of hydrogen-bond acceptors (Lipinski definition) is 1. The highest BCUT2D eigenvalue weighted by Crippen LogP contribution is 2.36. The molecule has 88 valence electrons. The highest BCUT2D eigenvalue weighted by Gasteiger charge is 2.52. The summed E-state index contributed by atoms with van der Waals surface area (Å²) in [7, 11) is 0. The Hall–Kier alpha value is -1.29. The molecule has 1 atom stereocenters. The predicted molar refractivity (Wildman–Crippen MR) is 56.0 cm³/mol. The molecule has 4 heteroatoms. The molecule has 0 aromatic heterocycles. The van der Waals surface area contributed by atoms with E-state index in [1.807, 2.05) is 0 Å². The van der Waals surface area contributed by atoms with E-state index < -0.39 is 24.6 Å². The van der Waals surface area contributed by atoms with Crippen LogP contribution >= 0.6 is 0 Å². The van der Waals surface area contributed by atoms with Crippen LogP contribution in [0.25, 0.3) is 0 Å². The lowest BCUT2D eigenvalue weighted by molar-refractivity contribution is -0.258. The minimum Gasteiger partial charge on any atom is -0.380 e. The lowest BCUT2D eigenvalue weighted by Crippen LogP contribution is -2.46. The molecule has 1 aromatic rings. The van der Waals surface area contributed by atoms with Crippen LogP contribution in [-0.4, -0.2) is 16.9 Å². The fourth-order valence-corrected chi connectivity index (χ4v) is 1.46. The average molecular weight is 230 g/mol. The summed E-state index contributed by atoms with van der Waals surface area (Å²) in [6, 6.07) is 8.10. The molecule has 1 rings (SSSR count). The second-order valence-corrected chi connectivity index (χ2v) is 3.68. The second-order valence-electron chi connectivity index (χ2n) is 3.68. The van der Waals surface area contributed by atoms with Gasteiger partial charge in [-0.15, -0.1) is 6.58 Å². The van der Waals surface area contributed by atoms with Gasteiger partial charge in [0.25, 0.3) is 0 Å². The summed E-state index contributed by atoms with van der Waals surface area (Å²) in [5.41, 5.74) is -2.28. The molecule has 0 amide bonds. The van der Waals surface area contributed by atoms with Gasteiger partial charge in [-0.3, -0.25) is 0 Å². The molecule has 0 aliphatic heterocycles. The van der Waals surface area contributed by atoms with Crippen LogP contribution in [0, 0.1) is 0 Å². The topological polar surface area (TPSA) is 20.2 Å². The first-order valence-corrected chi connectivity index (χ1v) is 4.83. The first kappa shape index (κ1) is 12.8. The third-order valence-electron chi connectivity index (χ3n) is 2.35. The van der Waals surface area contributed by atoms with Gasteiger partial charge in [0.1, 0.15) is 0 Å². The van der Waals surface area contributed by atoms with Crippen molar-refractivity contribution in [1.82, 2.24) is 0 Å². The van der Waals surface area contributed by atoms with E-state index in [0.29, 0.717) is 5.56 Å². The van der Waals surface area contributed by atoms with Crippen LogP contribution in [0.5, 0.6) is 0 Å². The van der Waals surface area contributed by atoms with Crippen molar-refractivity contribution in [3.63, 3.8) is 0 Å². The maximum Gasteiger partial charge on any atom is 0.417 e. The predicted octanol–water partition coefficient (Wildman–Crippen LogP) is 3.10. The van der Waals surface area contributed by atoms with E-state index in [4.69, 9.17) is 0 Å². The minimum atomic E-state index is -4.66. The quantitative estimate of drug-likeness (QED) is 0.788. The van der Waals surface area contributed by atoms with E-state index in [0.717, 1.165) is 6.08 Å². The normalized spacial score (nSPS) is 15.5. The van der Waals surface area contributed by atoms with Gasteiger partial charge in [0, 0.05) is 12.8 Å². The summed E-state index contributed by atoms with van der Waals surface area (Å²) in [5.74, 6) is 0. The van der Waals surface area contributed by atoms with Gasteiger partial charge in [-0.05, 0) is 5.56 Å². The molecule has 0 fully saturated rings. The van der Waals surface area contributed by atoms with Gasteiger partial charge in [0.15, 0.2) is 5.60 Å². The Morgan fingerprint density at radius 3 is 2.19 bits per heavy atom. The number of benzene rings is 1. The fraction of sp³-hybridized carbons (Fsp3) is 0.333. The lowest BCUT2D eigenvalue weighted by Gasteiger charge is -2.29. The van der Waals surface area contributed by atoms with E-state index in [1.165, 1.54) is 0 Å². The van der Waals surface area contributed by atoms with Crippen molar-refractivity contribution >= 4 is 0 Å². The van der Waals surface area contributed by atoms with E-state index in [1.54, 1.807) is 30.3 Å². The van der Waals surface area contributed by atoms with Crippen LogP contribution in [0.15, 0.2) is 43.0 Å². The van der Waals surface area contributed by atoms with Gasteiger partial charge >= 0.3 is 6.18 Å². The maximum atomic E-state index is 12.7. The van der Waals surface area contributed by atoms with Gasteiger partial charge in [0.05, 0.1) is 0 Å². The highest BCUT2D eigenvalue weighted by atomic mass is 19.4. The number of alkyl halides is 3. The van der Waals surface area contributed by atoms with Gasteiger partial charge in [-0.1, -0.05) is 36.4 Å². The molecule has 16 heavy (non-hydrogen) atoms. The Morgan fingerprint density at radius 1 is 1.19 bits per heavy atom. The molecule has 1 unspecified atom stereocenters. The molecule has 0 bridgehead atoms. The van der Waals surface area contributed by atoms with Crippen molar-refractivity contribution in [3.8, 4) is 0 Å². The summed E-state index contributed by atoms with van der Waals surface area (Å²) in [6.45, 7) is 3.24. The molecule has 0 spiro atoms.